The zero-order valence-corrected chi connectivity index (χ0v) is 16.7. The molecule has 6 nitrogen and oxygen atoms in total. The third kappa shape index (κ3) is 2.85. The lowest BCUT2D eigenvalue weighted by molar-refractivity contribution is -0.364. The highest BCUT2D eigenvalue weighted by atomic mass is 35.5. The molecular weight excluding hydrogens is 376 g/mol. The summed E-state index contributed by atoms with van der Waals surface area (Å²) in [5.41, 5.74) is 11.2. The molecule has 140 valence electrons. The van der Waals surface area contributed by atoms with Gasteiger partial charge in [-0.1, -0.05) is 11.6 Å². The molecular formula is C21H18ClN4O2+. The molecule has 0 saturated carbocycles. The van der Waals surface area contributed by atoms with E-state index >= 15 is 0 Å². The Labute approximate surface area is 168 Å². The van der Waals surface area contributed by atoms with E-state index in [0.29, 0.717) is 44.5 Å². The van der Waals surface area contributed by atoms with E-state index in [1.165, 1.54) is 0 Å². The number of halogens is 1. The lowest BCUT2D eigenvalue weighted by atomic mass is 9.95. The molecule has 0 radical (unpaired) electrons. The van der Waals surface area contributed by atoms with Gasteiger partial charge in [-0.15, -0.1) is 0 Å². The highest BCUT2D eigenvalue weighted by Gasteiger charge is 2.32. The number of pyridine rings is 1. The third-order valence-electron chi connectivity index (χ3n) is 4.85. The van der Waals surface area contributed by atoms with E-state index in [2.05, 4.69) is 17.1 Å². The molecule has 3 rings (SSSR count). The number of rotatable bonds is 3. The van der Waals surface area contributed by atoms with E-state index in [1.807, 2.05) is 19.9 Å². The van der Waals surface area contributed by atoms with Gasteiger partial charge in [-0.3, -0.25) is 5.73 Å². The highest BCUT2D eigenvalue weighted by Crippen LogP contribution is 2.44. The summed E-state index contributed by atoms with van der Waals surface area (Å²) in [7, 11) is 3.09. The molecule has 28 heavy (non-hydrogen) atoms. The second-order valence-corrected chi connectivity index (χ2v) is 6.71. The molecule has 7 heteroatoms. The largest absolute Gasteiger partial charge is 0.493 e. The summed E-state index contributed by atoms with van der Waals surface area (Å²) in [5.74, 6) is 1.30. The van der Waals surface area contributed by atoms with Gasteiger partial charge >= 0.3 is 0 Å². The van der Waals surface area contributed by atoms with Gasteiger partial charge in [0, 0.05) is 11.6 Å². The van der Waals surface area contributed by atoms with Gasteiger partial charge in [0.2, 0.25) is 0 Å². The Bertz CT molecular complexity index is 1150. The number of hydrogen-bond donors (Lipinski definition) is 1. The molecule has 0 fully saturated rings. The Morgan fingerprint density at radius 1 is 1.11 bits per heavy atom. The van der Waals surface area contributed by atoms with Crippen LogP contribution in [0.5, 0.6) is 11.5 Å². The summed E-state index contributed by atoms with van der Waals surface area (Å²) in [5, 5.41) is 19.6. The molecule has 1 aliphatic carbocycles. The van der Waals surface area contributed by atoms with Crippen LogP contribution in [0.25, 0.3) is 17.2 Å². The fourth-order valence-electron chi connectivity index (χ4n) is 3.41. The summed E-state index contributed by atoms with van der Waals surface area (Å²) < 4.78 is 10.6. The number of anilines is 1. The van der Waals surface area contributed by atoms with Crippen molar-refractivity contribution in [1.29, 1.82) is 10.5 Å². The van der Waals surface area contributed by atoms with Gasteiger partial charge < -0.3 is 9.47 Å². The number of nitrogens with two attached hydrogens (primary N) is 1. The van der Waals surface area contributed by atoms with E-state index < -0.39 is 0 Å². The van der Waals surface area contributed by atoms with E-state index in [0.717, 1.165) is 16.7 Å². The van der Waals surface area contributed by atoms with Crippen molar-refractivity contribution in [1.82, 2.24) is 0 Å². The molecule has 0 saturated heterocycles. The number of aromatic amines is 1. The molecule has 2 aromatic rings. The number of H-pyrrole nitrogens is 1. The van der Waals surface area contributed by atoms with Crippen LogP contribution in [0.2, 0.25) is 5.02 Å². The van der Waals surface area contributed by atoms with Gasteiger partial charge in [0.25, 0.3) is 5.82 Å². The Morgan fingerprint density at radius 2 is 1.75 bits per heavy atom. The maximum Gasteiger partial charge on any atom is 0.289 e. The number of nitrogen functional groups attached to an aromatic ring is 1. The van der Waals surface area contributed by atoms with Crippen LogP contribution in [-0.4, -0.2) is 14.2 Å². The van der Waals surface area contributed by atoms with Crippen LogP contribution in [0.15, 0.2) is 17.7 Å². The normalized spacial score (nSPS) is 13.9. The summed E-state index contributed by atoms with van der Waals surface area (Å²) in [6, 6.07) is 7.79. The van der Waals surface area contributed by atoms with Crippen LogP contribution < -0.4 is 20.2 Å². The molecule has 1 heterocycles. The van der Waals surface area contributed by atoms with Crippen molar-refractivity contribution in [3.8, 4) is 23.6 Å². The Kier molecular flexibility index (Phi) is 5.00. The van der Waals surface area contributed by atoms with Gasteiger partial charge in [0.15, 0.2) is 17.2 Å². The minimum Gasteiger partial charge on any atom is -0.493 e. The SMILES string of the molecule is COc1cc(Cl)c(/C=C2\C(C)=C(C#N)c3[nH+]c(N)c(C#N)c(C)c32)cc1OC. The maximum absolute atomic E-state index is 9.66. The van der Waals surface area contributed by atoms with Crippen LogP contribution in [0.4, 0.5) is 5.82 Å². The van der Waals surface area contributed by atoms with Crippen molar-refractivity contribution in [3.05, 3.63) is 50.7 Å². The summed E-state index contributed by atoms with van der Waals surface area (Å²) >= 11 is 6.44. The first-order chi connectivity index (χ1) is 13.4. The standard InChI is InChI=1S/C21H17ClN4O2/c1-10-13(5-12-6-17(27-3)18(28-4)7-16(12)22)19-11(2)15(9-24)21(25)26-20(19)14(10)8-23/h5-7H,1-4H3,(H2,25,26)/p+1/b13-5+. The van der Waals surface area contributed by atoms with Gasteiger partial charge in [0.05, 0.1) is 19.2 Å². The van der Waals surface area contributed by atoms with Crippen LogP contribution >= 0.6 is 11.6 Å². The first-order valence-electron chi connectivity index (χ1n) is 8.38. The molecule has 0 bridgehead atoms. The minimum atomic E-state index is 0.240. The number of nitrogens with one attached hydrogen (secondary N) is 1. The maximum atomic E-state index is 9.66. The van der Waals surface area contributed by atoms with Gasteiger partial charge in [0.1, 0.15) is 23.3 Å². The van der Waals surface area contributed by atoms with E-state index in [-0.39, 0.29) is 5.82 Å². The van der Waals surface area contributed by atoms with E-state index in [9.17, 15) is 10.5 Å². The van der Waals surface area contributed by atoms with E-state index in [4.69, 9.17) is 26.8 Å². The number of hydrogen-bond acceptors (Lipinski definition) is 5. The van der Waals surface area contributed by atoms with Gasteiger partial charge in [-0.25, -0.2) is 4.98 Å². The van der Waals surface area contributed by atoms with Crippen molar-refractivity contribution < 1.29 is 14.5 Å². The number of allylic oxidation sites excluding steroid dienone is 3. The first kappa shape index (κ1) is 19.3. The van der Waals surface area contributed by atoms with Crippen LogP contribution in [-0.2, 0) is 0 Å². The van der Waals surface area contributed by atoms with Crippen LogP contribution in [0.3, 0.4) is 0 Å². The highest BCUT2D eigenvalue weighted by molar-refractivity contribution is 6.32. The predicted molar refractivity (Wildman–Crippen MR) is 107 cm³/mol. The van der Waals surface area contributed by atoms with Crippen molar-refractivity contribution in [2.75, 3.05) is 20.0 Å². The van der Waals surface area contributed by atoms with E-state index in [1.54, 1.807) is 26.4 Å². The smallest absolute Gasteiger partial charge is 0.289 e. The molecule has 0 spiro atoms. The van der Waals surface area contributed by atoms with Gasteiger partial charge in [-0.2, -0.15) is 10.5 Å². The zero-order chi connectivity index (χ0) is 20.6. The molecule has 0 atom stereocenters. The zero-order valence-electron chi connectivity index (χ0n) is 15.9. The Morgan fingerprint density at radius 3 is 2.32 bits per heavy atom. The number of benzene rings is 1. The number of aromatic nitrogens is 1. The average molecular weight is 394 g/mol. The second-order valence-electron chi connectivity index (χ2n) is 6.30. The molecule has 0 unspecified atom stereocenters. The molecule has 1 aromatic carbocycles. The monoisotopic (exact) mass is 393 g/mol. The number of methoxy groups -OCH3 is 2. The molecule has 3 N–H and O–H groups in total. The molecule has 0 aliphatic heterocycles. The van der Waals surface area contributed by atoms with Crippen molar-refractivity contribution in [2.45, 2.75) is 13.8 Å². The fourth-order valence-corrected chi connectivity index (χ4v) is 3.62. The van der Waals surface area contributed by atoms with Crippen LogP contribution in [0.1, 0.15) is 34.9 Å². The number of ether oxygens (including phenoxy) is 2. The average Bonchev–Trinajstić information content (AvgIpc) is 2.94. The predicted octanol–water partition coefficient (Wildman–Crippen LogP) is 3.78. The fraction of sp³-hybridized carbons (Fsp3) is 0.190. The van der Waals surface area contributed by atoms with Crippen LogP contribution in [0, 0.1) is 29.6 Å². The number of nitrogens with zero attached hydrogens (tertiary/aromatic N) is 2. The lowest BCUT2D eigenvalue weighted by Crippen LogP contribution is -2.20. The quantitative estimate of drug-likeness (QED) is 0.853. The first-order valence-corrected chi connectivity index (χ1v) is 8.76. The number of nitriles is 2. The van der Waals surface area contributed by atoms with Crippen molar-refractivity contribution in [2.24, 2.45) is 0 Å². The molecule has 1 aliphatic rings. The summed E-state index contributed by atoms with van der Waals surface area (Å²) in [6.07, 6.45) is 1.88. The molecule has 0 amide bonds. The Hall–Kier alpha value is -3.48. The van der Waals surface area contributed by atoms with Crippen molar-refractivity contribution >= 4 is 34.6 Å². The van der Waals surface area contributed by atoms with Gasteiger partial charge in [-0.05, 0) is 48.3 Å². The third-order valence-corrected chi connectivity index (χ3v) is 5.18. The Balaban J connectivity index is 2.32. The summed E-state index contributed by atoms with van der Waals surface area (Å²) in [4.78, 5) is 3.01. The lowest BCUT2D eigenvalue weighted by Gasteiger charge is -2.12. The van der Waals surface area contributed by atoms with Crippen molar-refractivity contribution in [3.63, 3.8) is 0 Å². The second kappa shape index (κ2) is 7.26. The minimum absolute atomic E-state index is 0.240. The summed E-state index contributed by atoms with van der Waals surface area (Å²) in [6.45, 7) is 3.67. The molecule has 1 aromatic heterocycles. The topological polar surface area (TPSA) is 106 Å². The number of fused-ring (bicyclic) bond motifs is 1.